The second kappa shape index (κ2) is 1.98. The lowest BCUT2D eigenvalue weighted by atomic mass is 10.2. The average molecular weight is 112 g/mol. The van der Waals surface area contributed by atoms with Crippen molar-refractivity contribution in [2.75, 3.05) is 0 Å². The van der Waals surface area contributed by atoms with E-state index in [1.165, 1.54) is 0 Å². The van der Waals surface area contributed by atoms with E-state index in [0.29, 0.717) is 5.92 Å². The van der Waals surface area contributed by atoms with Gasteiger partial charge in [-0.15, -0.1) is 10.2 Å². The van der Waals surface area contributed by atoms with Gasteiger partial charge in [-0.05, 0) is 16.4 Å². The zero-order valence-electron chi connectivity index (χ0n) is 4.94. The largest absolute Gasteiger partial charge is 0.187 e. The van der Waals surface area contributed by atoms with E-state index in [1.54, 1.807) is 0 Å². The Bertz CT molecular complexity index is 114. The summed E-state index contributed by atoms with van der Waals surface area (Å²) in [4.78, 5) is 0. The molecule has 0 saturated carbocycles. The van der Waals surface area contributed by atoms with E-state index in [9.17, 15) is 0 Å². The minimum absolute atomic E-state index is 0.0185. The lowest BCUT2D eigenvalue weighted by Gasteiger charge is -2.01. The molecule has 0 atom stereocenters. The molecular formula is C4H8N4. The number of hydrogen-bond acceptors (Lipinski definition) is 4. The van der Waals surface area contributed by atoms with Crippen LogP contribution in [0.4, 0.5) is 0 Å². The minimum Gasteiger partial charge on any atom is -0.138 e. The van der Waals surface area contributed by atoms with Crippen LogP contribution in [0.1, 0.15) is 13.8 Å². The SMILES string of the molecule is CC(C)C1N=NN=N1. The van der Waals surface area contributed by atoms with Crippen LogP contribution in [0.3, 0.4) is 0 Å². The molecule has 0 N–H and O–H groups in total. The van der Waals surface area contributed by atoms with Crippen molar-refractivity contribution in [3.05, 3.63) is 0 Å². The van der Waals surface area contributed by atoms with E-state index in [1.807, 2.05) is 13.8 Å². The van der Waals surface area contributed by atoms with Gasteiger partial charge in [0.15, 0.2) is 6.17 Å². The molecule has 0 fully saturated rings. The normalized spacial score (nSPS) is 18.9. The third-order valence-electron chi connectivity index (χ3n) is 0.976. The third kappa shape index (κ3) is 0.882. The Hall–Kier alpha value is -0.800. The van der Waals surface area contributed by atoms with Crippen LogP contribution in [0, 0.1) is 5.92 Å². The van der Waals surface area contributed by atoms with Crippen LogP contribution in [0.15, 0.2) is 20.7 Å². The monoisotopic (exact) mass is 112 g/mol. The van der Waals surface area contributed by atoms with Crippen molar-refractivity contribution in [2.45, 2.75) is 20.0 Å². The summed E-state index contributed by atoms with van der Waals surface area (Å²) in [6, 6.07) is 0. The van der Waals surface area contributed by atoms with Gasteiger partial charge in [0.25, 0.3) is 0 Å². The smallest absolute Gasteiger partial charge is 0.138 e. The molecule has 44 valence electrons. The number of rotatable bonds is 1. The Labute approximate surface area is 47.7 Å². The highest BCUT2D eigenvalue weighted by molar-refractivity contribution is 4.64. The van der Waals surface area contributed by atoms with E-state index < -0.39 is 0 Å². The quantitative estimate of drug-likeness (QED) is 0.496. The first-order valence-electron chi connectivity index (χ1n) is 2.60. The molecule has 1 rings (SSSR count). The summed E-state index contributed by atoms with van der Waals surface area (Å²) in [6.45, 7) is 4.07. The Balaban J connectivity index is 2.49. The molecule has 0 amide bonds. The highest BCUT2D eigenvalue weighted by Crippen LogP contribution is 2.13. The summed E-state index contributed by atoms with van der Waals surface area (Å²) in [7, 11) is 0. The third-order valence-corrected chi connectivity index (χ3v) is 0.976. The molecule has 1 heterocycles. The Kier molecular flexibility index (Phi) is 1.32. The van der Waals surface area contributed by atoms with Crippen LogP contribution in [0.25, 0.3) is 0 Å². The Morgan fingerprint density at radius 2 is 1.62 bits per heavy atom. The summed E-state index contributed by atoms with van der Waals surface area (Å²) in [5, 5.41) is 14.2. The fourth-order valence-corrected chi connectivity index (χ4v) is 0.442. The zero-order chi connectivity index (χ0) is 5.98. The first-order chi connectivity index (χ1) is 3.80. The van der Waals surface area contributed by atoms with E-state index >= 15 is 0 Å². The zero-order valence-corrected chi connectivity index (χ0v) is 4.94. The van der Waals surface area contributed by atoms with Crippen molar-refractivity contribution >= 4 is 0 Å². The van der Waals surface area contributed by atoms with Gasteiger partial charge in [-0.1, -0.05) is 13.8 Å². The van der Waals surface area contributed by atoms with Crippen molar-refractivity contribution in [1.82, 2.24) is 0 Å². The Morgan fingerprint density at radius 3 is 1.88 bits per heavy atom. The molecule has 0 bridgehead atoms. The predicted octanol–water partition coefficient (Wildman–Crippen LogP) is 1.80. The summed E-state index contributed by atoms with van der Waals surface area (Å²) < 4.78 is 0. The van der Waals surface area contributed by atoms with Gasteiger partial charge in [-0.25, -0.2) is 0 Å². The first kappa shape index (κ1) is 5.34. The van der Waals surface area contributed by atoms with Crippen LogP contribution in [-0.2, 0) is 0 Å². The number of nitrogens with zero attached hydrogens (tertiary/aromatic N) is 4. The predicted molar refractivity (Wildman–Crippen MR) is 28.3 cm³/mol. The van der Waals surface area contributed by atoms with Crippen molar-refractivity contribution in [1.29, 1.82) is 0 Å². The summed E-state index contributed by atoms with van der Waals surface area (Å²) in [6.07, 6.45) is -0.0185. The lowest BCUT2D eigenvalue weighted by Crippen LogP contribution is -2.05. The molecule has 0 unspecified atom stereocenters. The maximum absolute atomic E-state index is 3.73. The second-order valence-electron chi connectivity index (χ2n) is 2.07. The summed E-state index contributed by atoms with van der Waals surface area (Å²) in [5.41, 5.74) is 0. The van der Waals surface area contributed by atoms with Crippen LogP contribution in [-0.4, -0.2) is 6.17 Å². The van der Waals surface area contributed by atoms with Crippen molar-refractivity contribution < 1.29 is 0 Å². The molecule has 1 aliphatic rings. The van der Waals surface area contributed by atoms with E-state index in [2.05, 4.69) is 20.7 Å². The van der Waals surface area contributed by atoms with E-state index in [0.717, 1.165) is 0 Å². The van der Waals surface area contributed by atoms with Crippen molar-refractivity contribution in [2.24, 2.45) is 26.6 Å². The summed E-state index contributed by atoms with van der Waals surface area (Å²) in [5.74, 6) is 0.421. The molecule has 0 aromatic heterocycles. The molecule has 1 aliphatic heterocycles. The van der Waals surface area contributed by atoms with Gasteiger partial charge in [0.05, 0.1) is 0 Å². The van der Waals surface area contributed by atoms with Gasteiger partial charge in [-0.3, -0.25) is 0 Å². The standard InChI is InChI=1S/C4H8N4/c1-3(2)4-5-7-8-6-4/h3-4H,1-2H3. The topological polar surface area (TPSA) is 49.4 Å². The van der Waals surface area contributed by atoms with Gasteiger partial charge >= 0.3 is 0 Å². The molecule has 0 spiro atoms. The average Bonchev–Trinajstić information content (AvgIpc) is 2.12. The fourth-order valence-electron chi connectivity index (χ4n) is 0.442. The fraction of sp³-hybridized carbons (Fsp3) is 1.00. The van der Waals surface area contributed by atoms with Gasteiger partial charge in [0.2, 0.25) is 0 Å². The molecule has 0 radical (unpaired) electrons. The minimum atomic E-state index is -0.0185. The second-order valence-corrected chi connectivity index (χ2v) is 2.07. The van der Waals surface area contributed by atoms with Gasteiger partial charge in [0, 0.05) is 0 Å². The maximum atomic E-state index is 3.73. The molecular weight excluding hydrogens is 104 g/mol. The maximum Gasteiger partial charge on any atom is 0.187 e. The molecule has 0 saturated heterocycles. The van der Waals surface area contributed by atoms with Crippen LogP contribution >= 0.6 is 0 Å². The first-order valence-corrected chi connectivity index (χ1v) is 2.60. The Morgan fingerprint density at radius 1 is 1.12 bits per heavy atom. The molecule has 8 heavy (non-hydrogen) atoms. The van der Waals surface area contributed by atoms with E-state index in [4.69, 9.17) is 0 Å². The highest BCUT2D eigenvalue weighted by Gasteiger charge is 2.12. The molecule has 0 aliphatic carbocycles. The van der Waals surface area contributed by atoms with Gasteiger partial charge in [0.1, 0.15) is 0 Å². The molecule has 4 nitrogen and oxygen atoms in total. The lowest BCUT2D eigenvalue weighted by molar-refractivity contribution is 0.508. The number of hydrogen-bond donors (Lipinski definition) is 0. The van der Waals surface area contributed by atoms with Crippen molar-refractivity contribution in [3.63, 3.8) is 0 Å². The van der Waals surface area contributed by atoms with Crippen LogP contribution in [0.2, 0.25) is 0 Å². The molecule has 0 aromatic rings. The molecule has 0 aromatic carbocycles. The summed E-state index contributed by atoms with van der Waals surface area (Å²) >= 11 is 0. The van der Waals surface area contributed by atoms with Crippen molar-refractivity contribution in [3.8, 4) is 0 Å². The molecule has 4 heteroatoms. The van der Waals surface area contributed by atoms with Crippen LogP contribution in [0.5, 0.6) is 0 Å². The van der Waals surface area contributed by atoms with Crippen LogP contribution < -0.4 is 0 Å². The van der Waals surface area contributed by atoms with Gasteiger partial charge in [-0.2, -0.15) is 0 Å². The highest BCUT2D eigenvalue weighted by atomic mass is 15.6. The van der Waals surface area contributed by atoms with Gasteiger partial charge < -0.3 is 0 Å². The van der Waals surface area contributed by atoms with E-state index in [-0.39, 0.29) is 6.17 Å².